The number of aliphatic hydroxyl groups is 2. The van der Waals surface area contributed by atoms with Crippen LogP contribution in [0.2, 0.25) is 0 Å². The predicted octanol–water partition coefficient (Wildman–Crippen LogP) is -0.244. The lowest BCUT2D eigenvalue weighted by atomic mass is 10.2. The van der Waals surface area contributed by atoms with Crippen LogP contribution in [0.4, 0.5) is 0 Å². The number of amides is 1. The molecule has 2 N–H and O–H groups in total. The van der Waals surface area contributed by atoms with Gasteiger partial charge in [-0.1, -0.05) is 0 Å². The molecule has 3 unspecified atom stereocenters. The van der Waals surface area contributed by atoms with Crippen LogP contribution in [-0.4, -0.2) is 59.0 Å². The fraction of sp³-hybridized carbons (Fsp3) is 0.909. The number of carbonyl (C=O) groups excluding carboxylic acids is 1. The van der Waals surface area contributed by atoms with Gasteiger partial charge in [-0.2, -0.15) is 0 Å². The van der Waals surface area contributed by atoms with Gasteiger partial charge in [0.2, 0.25) is 0 Å². The monoisotopic (exact) mass is 231 g/mol. The smallest absolute Gasteiger partial charge is 0.251 e. The Morgan fingerprint density at radius 1 is 1.38 bits per heavy atom. The number of carbonyl (C=O) groups is 1. The largest absolute Gasteiger partial charge is 0.392 e. The van der Waals surface area contributed by atoms with Crippen LogP contribution in [0, 0.1) is 0 Å². The van der Waals surface area contributed by atoms with Crippen molar-refractivity contribution in [1.29, 1.82) is 0 Å². The van der Waals surface area contributed by atoms with Crippen molar-refractivity contribution in [1.82, 2.24) is 4.90 Å². The highest BCUT2D eigenvalue weighted by atomic mass is 16.5. The van der Waals surface area contributed by atoms with Gasteiger partial charge in [0.15, 0.2) is 0 Å². The SMILES string of the molecule is CC(O)CN(CC(C)O)C(=O)C1CCCO1. The van der Waals surface area contributed by atoms with Crippen molar-refractivity contribution < 1.29 is 19.7 Å². The molecule has 0 aromatic rings. The van der Waals surface area contributed by atoms with Gasteiger partial charge in [0.1, 0.15) is 6.10 Å². The molecule has 1 aliphatic heterocycles. The van der Waals surface area contributed by atoms with Gasteiger partial charge in [-0.05, 0) is 26.7 Å². The van der Waals surface area contributed by atoms with Crippen LogP contribution in [0.1, 0.15) is 26.7 Å². The molecule has 1 heterocycles. The molecule has 5 nitrogen and oxygen atoms in total. The van der Waals surface area contributed by atoms with Crippen molar-refractivity contribution in [3.8, 4) is 0 Å². The summed E-state index contributed by atoms with van der Waals surface area (Å²) in [6, 6.07) is 0. The second-order valence-corrected chi connectivity index (χ2v) is 4.44. The molecule has 1 saturated heterocycles. The molecule has 0 bridgehead atoms. The van der Waals surface area contributed by atoms with Gasteiger partial charge in [-0.3, -0.25) is 4.79 Å². The topological polar surface area (TPSA) is 70.0 Å². The molecule has 1 amide bonds. The van der Waals surface area contributed by atoms with E-state index in [9.17, 15) is 15.0 Å². The van der Waals surface area contributed by atoms with Crippen molar-refractivity contribution in [2.45, 2.75) is 45.0 Å². The second kappa shape index (κ2) is 6.18. The molecule has 1 rings (SSSR count). The van der Waals surface area contributed by atoms with Crippen molar-refractivity contribution in [3.05, 3.63) is 0 Å². The summed E-state index contributed by atoms with van der Waals surface area (Å²) >= 11 is 0. The molecular weight excluding hydrogens is 210 g/mol. The first-order valence-corrected chi connectivity index (χ1v) is 5.77. The summed E-state index contributed by atoms with van der Waals surface area (Å²) in [5, 5.41) is 18.6. The average Bonchev–Trinajstić information content (AvgIpc) is 2.66. The van der Waals surface area contributed by atoms with E-state index in [1.54, 1.807) is 13.8 Å². The Hall–Kier alpha value is -0.650. The van der Waals surface area contributed by atoms with Crippen molar-refractivity contribution in [3.63, 3.8) is 0 Å². The summed E-state index contributed by atoms with van der Waals surface area (Å²) in [6.07, 6.45) is 0.0495. The lowest BCUT2D eigenvalue weighted by Crippen LogP contribution is -2.45. The Labute approximate surface area is 96.0 Å². The molecule has 1 fully saturated rings. The fourth-order valence-corrected chi connectivity index (χ4v) is 1.87. The van der Waals surface area contributed by atoms with Crippen LogP contribution in [0.25, 0.3) is 0 Å². The summed E-state index contributed by atoms with van der Waals surface area (Å²) < 4.78 is 5.30. The molecule has 0 aliphatic carbocycles. The Kier molecular flexibility index (Phi) is 5.18. The highest BCUT2D eigenvalue weighted by molar-refractivity contribution is 5.81. The van der Waals surface area contributed by atoms with Crippen LogP contribution in [-0.2, 0) is 9.53 Å². The molecule has 1 aliphatic rings. The molecular formula is C11H21NO4. The highest BCUT2D eigenvalue weighted by Crippen LogP contribution is 2.15. The van der Waals surface area contributed by atoms with Crippen molar-refractivity contribution >= 4 is 5.91 Å². The average molecular weight is 231 g/mol. The predicted molar refractivity (Wildman–Crippen MR) is 58.9 cm³/mol. The minimum atomic E-state index is -0.593. The van der Waals surface area contributed by atoms with Crippen LogP contribution in [0.3, 0.4) is 0 Å². The minimum absolute atomic E-state index is 0.126. The third-order valence-corrected chi connectivity index (χ3v) is 2.49. The minimum Gasteiger partial charge on any atom is -0.392 e. The molecule has 94 valence electrons. The van der Waals surface area contributed by atoms with Crippen LogP contribution < -0.4 is 0 Å². The van der Waals surface area contributed by atoms with Gasteiger partial charge >= 0.3 is 0 Å². The quantitative estimate of drug-likeness (QED) is 0.685. The molecule has 5 heteroatoms. The maximum atomic E-state index is 12.0. The van der Waals surface area contributed by atoms with Crippen LogP contribution in [0.15, 0.2) is 0 Å². The third kappa shape index (κ3) is 4.08. The van der Waals surface area contributed by atoms with Gasteiger partial charge in [-0.25, -0.2) is 0 Å². The summed E-state index contributed by atoms with van der Waals surface area (Å²) in [7, 11) is 0. The number of aliphatic hydroxyl groups excluding tert-OH is 2. The number of nitrogens with zero attached hydrogens (tertiary/aromatic N) is 1. The standard InChI is InChI=1S/C11H21NO4/c1-8(13)6-12(7-9(2)14)11(15)10-4-3-5-16-10/h8-10,13-14H,3-7H2,1-2H3. The summed E-state index contributed by atoms with van der Waals surface area (Å²) in [5.74, 6) is -0.126. The molecule has 16 heavy (non-hydrogen) atoms. The fourth-order valence-electron chi connectivity index (χ4n) is 1.87. The zero-order valence-corrected chi connectivity index (χ0v) is 9.93. The Morgan fingerprint density at radius 2 is 1.94 bits per heavy atom. The normalized spacial score (nSPS) is 24.1. The van der Waals surface area contributed by atoms with E-state index < -0.39 is 18.3 Å². The molecule has 0 radical (unpaired) electrons. The van der Waals surface area contributed by atoms with E-state index in [1.807, 2.05) is 0 Å². The van der Waals surface area contributed by atoms with Gasteiger partial charge in [0.05, 0.1) is 12.2 Å². The van der Waals surface area contributed by atoms with E-state index in [0.717, 1.165) is 12.8 Å². The Balaban J connectivity index is 2.55. The molecule has 0 aromatic heterocycles. The van der Waals surface area contributed by atoms with Crippen LogP contribution >= 0.6 is 0 Å². The summed E-state index contributed by atoms with van der Waals surface area (Å²) in [6.45, 7) is 4.34. The summed E-state index contributed by atoms with van der Waals surface area (Å²) in [4.78, 5) is 13.5. The molecule has 0 aromatic carbocycles. The van der Waals surface area contributed by atoms with Gasteiger partial charge in [-0.15, -0.1) is 0 Å². The molecule has 0 spiro atoms. The van der Waals surface area contributed by atoms with Crippen LogP contribution in [0.5, 0.6) is 0 Å². The lowest BCUT2D eigenvalue weighted by Gasteiger charge is -2.27. The van der Waals surface area contributed by atoms with Gasteiger partial charge in [0.25, 0.3) is 5.91 Å². The zero-order valence-electron chi connectivity index (χ0n) is 9.93. The second-order valence-electron chi connectivity index (χ2n) is 4.44. The maximum absolute atomic E-state index is 12.0. The van der Waals surface area contributed by atoms with E-state index >= 15 is 0 Å². The van der Waals surface area contributed by atoms with E-state index in [1.165, 1.54) is 4.90 Å². The summed E-state index contributed by atoms with van der Waals surface area (Å²) in [5.41, 5.74) is 0. The third-order valence-electron chi connectivity index (χ3n) is 2.49. The van der Waals surface area contributed by atoms with E-state index in [-0.39, 0.29) is 19.0 Å². The number of hydrogen-bond acceptors (Lipinski definition) is 4. The molecule has 3 atom stereocenters. The number of ether oxygens (including phenoxy) is 1. The zero-order chi connectivity index (χ0) is 12.1. The Morgan fingerprint density at radius 3 is 2.31 bits per heavy atom. The van der Waals surface area contributed by atoms with Gasteiger partial charge in [0, 0.05) is 19.7 Å². The first kappa shape index (κ1) is 13.4. The number of hydrogen-bond donors (Lipinski definition) is 2. The highest BCUT2D eigenvalue weighted by Gasteiger charge is 2.29. The number of rotatable bonds is 5. The lowest BCUT2D eigenvalue weighted by molar-refractivity contribution is -0.143. The van der Waals surface area contributed by atoms with Crippen molar-refractivity contribution in [2.24, 2.45) is 0 Å². The van der Waals surface area contributed by atoms with Crippen molar-refractivity contribution in [2.75, 3.05) is 19.7 Å². The van der Waals surface area contributed by atoms with E-state index in [4.69, 9.17) is 4.74 Å². The first-order valence-electron chi connectivity index (χ1n) is 5.77. The van der Waals surface area contributed by atoms with E-state index in [0.29, 0.717) is 6.61 Å². The Bertz CT molecular complexity index is 214. The molecule has 0 saturated carbocycles. The van der Waals surface area contributed by atoms with Gasteiger partial charge < -0.3 is 19.8 Å². The van der Waals surface area contributed by atoms with E-state index in [2.05, 4.69) is 0 Å². The first-order chi connectivity index (χ1) is 7.50. The maximum Gasteiger partial charge on any atom is 0.251 e.